The monoisotopic (exact) mass is 311 g/mol. The average Bonchev–Trinajstić information content (AvgIpc) is 3.08. The lowest BCUT2D eigenvalue weighted by atomic mass is 10.2. The van der Waals surface area contributed by atoms with E-state index in [1.165, 1.54) is 29.1 Å². The number of quaternary nitrogens is 1. The summed E-state index contributed by atoms with van der Waals surface area (Å²) in [5.41, 5.74) is 0.475. The standard InChI is InChI=1S/C15H22N2O3S/c1-3-11-9-12(15(19)20-4-2)14(21-11)16-13(18)10-17-7-5-6-8-17/h9H,3-8,10H2,1-2H3,(H,16,18)/p+1. The van der Waals surface area contributed by atoms with Gasteiger partial charge in [0.2, 0.25) is 0 Å². The molecule has 0 saturated carbocycles. The third-order valence-electron chi connectivity index (χ3n) is 3.60. The molecule has 0 aromatic carbocycles. The molecule has 0 bridgehead atoms. The van der Waals surface area contributed by atoms with Crippen LogP contribution in [0.25, 0.3) is 0 Å². The van der Waals surface area contributed by atoms with Crippen molar-refractivity contribution in [1.82, 2.24) is 0 Å². The molecule has 2 rings (SSSR count). The molecule has 0 aliphatic carbocycles. The largest absolute Gasteiger partial charge is 0.462 e. The molecule has 21 heavy (non-hydrogen) atoms. The van der Waals surface area contributed by atoms with Crippen LogP contribution in [-0.4, -0.2) is 38.1 Å². The van der Waals surface area contributed by atoms with E-state index in [2.05, 4.69) is 5.32 Å². The van der Waals surface area contributed by atoms with Crippen molar-refractivity contribution in [2.24, 2.45) is 0 Å². The van der Waals surface area contributed by atoms with Crippen LogP contribution in [0.2, 0.25) is 0 Å². The van der Waals surface area contributed by atoms with Crippen LogP contribution in [-0.2, 0) is 16.0 Å². The Balaban J connectivity index is 2.04. The number of carbonyl (C=O) groups is 2. The second-order valence-corrected chi connectivity index (χ2v) is 6.35. The number of esters is 1. The van der Waals surface area contributed by atoms with Crippen LogP contribution in [0.5, 0.6) is 0 Å². The number of carbonyl (C=O) groups excluding carboxylic acids is 2. The van der Waals surface area contributed by atoms with E-state index in [0.717, 1.165) is 24.4 Å². The average molecular weight is 311 g/mol. The summed E-state index contributed by atoms with van der Waals surface area (Å²) >= 11 is 1.46. The molecule has 2 heterocycles. The first-order chi connectivity index (χ1) is 10.1. The van der Waals surface area contributed by atoms with Gasteiger partial charge in [-0.1, -0.05) is 6.92 Å². The van der Waals surface area contributed by atoms with Crippen LogP contribution in [0.4, 0.5) is 5.00 Å². The minimum Gasteiger partial charge on any atom is -0.462 e. The van der Waals surface area contributed by atoms with Gasteiger partial charge in [-0.3, -0.25) is 4.79 Å². The third-order valence-corrected chi connectivity index (χ3v) is 4.80. The Labute approximate surface area is 129 Å². The van der Waals surface area contributed by atoms with E-state index >= 15 is 0 Å². The van der Waals surface area contributed by atoms with Crippen molar-refractivity contribution in [3.8, 4) is 0 Å². The van der Waals surface area contributed by atoms with Gasteiger partial charge < -0.3 is 15.0 Å². The molecule has 1 saturated heterocycles. The Morgan fingerprint density at radius 3 is 2.67 bits per heavy atom. The first kappa shape index (κ1) is 16.0. The topological polar surface area (TPSA) is 59.8 Å². The number of ether oxygens (including phenoxy) is 1. The number of amides is 1. The van der Waals surface area contributed by atoms with Gasteiger partial charge >= 0.3 is 5.97 Å². The van der Waals surface area contributed by atoms with Crippen molar-refractivity contribution in [3.63, 3.8) is 0 Å². The zero-order valence-corrected chi connectivity index (χ0v) is 13.5. The van der Waals surface area contributed by atoms with E-state index in [4.69, 9.17) is 4.74 Å². The van der Waals surface area contributed by atoms with E-state index < -0.39 is 0 Å². The fourth-order valence-electron chi connectivity index (χ4n) is 2.52. The maximum absolute atomic E-state index is 12.1. The lowest BCUT2D eigenvalue weighted by Crippen LogP contribution is -3.11. The first-order valence-electron chi connectivity index (χ1n) is 7.57. The minimum absolute atomic E-state index is 0.0260. The predicted octanol–water partition coefficient (Wildman–Crippen LogP) is 1.10. The second-order valence-electron chi connectivity index (χ2n) is 5.21. The van der Waals surface area contributed by atoms with Crippen LogP contribution >= 0.6 is 11.3 Å². The lowest BCUT2D eigenvalue weighted by Gasteiger charge is -2.11. The Morgan fingerprint density at radius 1 is 1.33 bits per heavy atom. The van der Waals surface area contributed by atoms with Crippen LogP contribution < -0.4 is 10.2 Å². The molecule has 1 aromatic rings. The number of hydrogen-bond donors (Lipinski definition) is 2. The van der Waals surface area contributed by atoms with Crippen molar-refractivity contribution in [2.75, 3.05) is 31.6 Å². The van der Waals surface area contributed by atoms with Gasteiger partial charge in [-0.25, -0.2) is 4.79 Å². The summed E-state index contributed by atoms with van der Waals surface area (Å²) in [5, 5.41) is 3.51. The molecular formula is C15H23N2O3S+. The van der Waals surface area contributed by atoms with Crippen molar-refractivity contribution >= 4 is 28.2 Å². The highest BCUT2D eigenvalue weighted by Crippen LogP contribution is 2.29. The number of nitrogens with one attached hydrogen (secondary N) is 2. The summed E-state index contributed by atoms with van der Waals surface area (Å²) in [7, 11) is 0. The first-order valence-corrected chi connectivity index (χ1v) is 8.39. The Morgan fingerprint density at radius 2 is 2.05 bits per heavy atom. The molecule has 5 nitrogen and oxygen atoms in total. The molecule has 1 fully saturated rings. The molecule has 0 atom stereocenters. The van der Waals surface area contributed by atoms with Gasteiger partial charge in [0.05, 0.1) is 25.3 Å². The van der Waals surface area contributed by atoms with Crippen molar-refractivity contribution in [2.45, 2.75) is 33.1 Å². The Hall–Kier alpha value is -1.40. The van der Waals surface area contributed by atoms with E-state index in [1.54, 1.807) is 6.92 Å². The van der Waals surface area contributed by atoms with Crippen molar-refractivity contribution < 1.29 is 19.2 Å². The summed E-state index contributed by atoms with van der Waals surface area (Å²) in [6.45, 7) is 6.73. The quantitative estimate of drug-likeness (QED) is 0.774. The van der Waals surface area contributed by atoms with Gasteiger partial charge in [-0.05, 0) is 19.4 Å². The van der Waals surface area contributed by atoms with Gasteiger partial charge in [0.15, 0.2) is 6.54 Å². The molecule has 1 aliphatic rings. The van der Waals surface area contributed by atoms with Crippen LogP contribution in [0, 0.1) is 0 Å². The maximum atomic E-state index is 12.1. The molecule has 1 amide bonds. The SMILES string of the molecule is CCOC(=O)c1cc(CC)sc1NC(=O)C[NH+]1CCCC1. The van der Waals surface area contributed by atoms with Gasteiger partial charge in [0.1, 0.15) is 5.00 Å². The Kier molecular flexibility index (Phi) is 5.76. The highest BCUT2D eigenvalue weighted by molar-refractivity contribution is 7.16. The molecule has 2 N–H and O–H groups in total. The minimum atomic E-state index is -0.364. The van der Waals surface area contributed by atoms with Crippen LogP contribution in [0.3, 0.4) is 0 Å². The summed E-state index contributed by atoms with van der Waals surface area (Å²) < 4.78 is 5.05. The number of rotatable bonds is 6. The zero-order chi connectivity index (χ0) is 15.2. The fraction of sp³-hybridized carbons (Fsp3) is 0.600. The van der Waals surface area contributed by atoms with Crippen molar-refractivity contribution in [1.29, 1.82) is 0 Å². The van der Waals surface area contributed by atoms with Gasteiger partial charge in [-0.15, -0.1) is 11.3 Å². The number of likely N-dealkylation sites (tertiary alicyclic amines) is 1. The molecule has 116 valence electrons. The third kappa shape index (κ3) is 4.28. The number of hydrogen-bond acceptors (Lipinski definition) is 4. The molecular weight excluding hydrogens is 288 g/mol. The summed E-state index contributed by atoms with van der Waals surface area (Å²) in [4.78, 5) is 26.5. The molecule has 0 unspecified atom stereocenters. The molecule has 0 radical (unpaired) electrons. The van der Waals surface area contributed by atoms with Gasteiger partial charge in [0, 0.05) is 17.7 Å². The van der Waals surface area contributed by atoms with Gasteiger partial charge in [-0.2, -0.15) is 0 Å². The highest BCUT2D eigenvalue weighted by atomic mass is 32.1. The summed E-state index contributed by atoms with van der Waals surface area (Å²) in [5.74, 6) is -0.390. The molecule has 0 spiro atoms. The number of aryl methyl sites for hydroxylation is 1. The maximum Gasteiger partial charge on any atom is 0.341 e. The Bertz CT molecular complexity index is 507. The molecule has 1 aromatic heterocycles. The van der Waals surface area contributed by atoms with E-state index in [1.807, 2.05) is 13.0 Å². The molecule has 6 heteroatoms. The fourth-order valence-corrected chi connectivity index (χ4v) is 3.52. The second kappa shape index (κ2) is 7.56. The molecule has 1 aliphatic heterocycles. The normalized spacial score (nSPS) is 15.1. The predicted molar refractivity (Wildman–Crippen MR) is 83.1 cm³/mol. The lowest BCUT2D eigenvalue weighted by molar-refractivity contribution is -0.878. The van der Waals surface area contributed by atoms with Gasteiger partial charge in [0.25, 0.3) is 5.91 Å². The van der Waals surface area contributed by atoms with E-state index in [0.29, 0.717) is 23.7 Å². The van der Waals surface area contributed by atoms with E-state index in [9.17, 15) is 9.59 Å². The summed E-state index contributed by atoms with van der Waals surface area (Å²) in [6.07, 6.45) is 3.22. The number of thiophene rings is 1. The van der Waals surface area contributed by atoms with Crippen LogP contribution in [0.15, 0.2) is 6.07 Å². The smallest absolute Gasteiger partial charge is 0.341 e. The van der Waals surface area contributed by atoms with E-state index in [-0.39, 0.29) is 11.9 Å². The highest BCUT2D eigenvalue weighted by Gasteiger charge is 2.22. The van der Waals surface area contributed by atoms with Crippen molar-refractivity contribution in [3.05, 3.63) is 16.5 Å². The summed E-state index contributed by atoms with van der Waals surface area (Å²) in [6, 6.07) is 1.82. The number of anilines is 1. The zero-order valence-electron chi connectivity index (χ0n) is 12.7. The van der Waals surface area contributed by atoms with Crippen LogP contribution in [0.1, 0.15) is 41.9 Å².